The lowest BCUT2D eigenvalue weighted by Gasteiger charge is -2.23. The molecule has 7 heteroatoms. The van der Waals surface area contributed by atoms with Crippen molar-refractivity contribution in [2.24, 2.45) is 5.10 Å². The summed E-state index contributed by atoms with van der Waals surface area (Å²) in [7, 11) is -2.07. The monoisotopic (exact) mass is 253 g/mol. The highest BCUT2D eigenvalue weighted by Crippen LogP contribution is 2.20. The van der Waals surface area contributed by atoms with Crippen molar-refractivity contribution in [3.63, 3.8) is 0 Å². The molecule has 0 atom stereocenters. The number of rotatable bonds is 0. The van der Waals surface area contributed by atoms with Gasteiger partial charge in [0.1, 0.15) is 0 Å². The lowest BCUT2D eigenvalue weighted by molar-refractivity contribution is -0.124. The van der Waals surface area contributed by atoms with E-state index in [1.165, 1.54) is 24.9 Å². The minimum atomic E-state index is -3.61. The third kappa shape index (κ3) is 1.89. The summed E-state index contributed by atoms with van der Waals surface area (Å²) in [6.07, 6.45) is 0. The molecule has 1 N–H and O–H groups in total. The summed E-state index contributed by atoms with van der Waals surface area (Å²) in [6.45, 7) is 1.38. The number of fused-ring (bicyclic) bond motifs is 1. The van der Waals surface area contributed by atoms with E-state index in [4.69, 9.17) is 0 Å². The molecule has 0 aromatic heterocycles. The van der Waals surface area contributed by atoms with E-state index in [1.54, 1.807) is 18.2 Å². The van der Waals surface area contributed by atoms with Crippen LogP contribution in [0.25, 0.3) is 0 Å². The molecule has 1 aromatic rings. The first-order chi connectivity index (χ1) is 7.93. The molecule has 2 rings (SSSR count). The molecule has 0 unspecified atom stereocenters. The maximum atomic E-state index is 11.7. The first-order valence-corrected chi connectivity index (χ1v) is 6.35. The maximum absolute atomic E-state index is 11.7. The molecular formula is C10H11N3O3S. The highest BCUT2D eigenvalue weighted by Gasteiger charge is 2.28. The molecular weight excluding hydrogens is 242 g/mol. The van der Waals surface area contributed by atoms with Gasteiger partial charge in [-0.1, -0.05) is 12.1 Å². The Bertz CT molecular complexity index is 607. The average Bonchev–Trinajstić information content (AvgIpc) is 2.28. The molecule has 0 bridgehead atoms. The van der Waals surface area contributed by atoms with Crippen LogP contribution in [0, 0.1) is 0 Å². The minimum absolute atomic E-state index is 0.123. The molecule has 6 nitrogen and oxygen atoms in total. The van der Waals surface area contributed by atoms with Crippen LogP contribution in [0.2, 0.25) is 0 Å². The Morgan fingerprint density at radius 3 is 2.65 bits per heavy atom. The van der Waals surface area contributed by atoms with Crippen molar-refractivity contribution >= 4 is 21.8 Å². The van der Waals surface area contributed by atoms with Crippen LogP contribution in [-0.2, 0) is 14.8 Å². The number of benzene rings is 1. The lowest BCUT2D eigenvalue weighted by Crippen LogP contribution is -2.38. The number of sulfonamides is 1. The SMILES string of the molecule is CC(=O)N(C)C1=NNS(=O)(=O)c2ccccc21. The van der Waals surface area contributed by atoms with Gasteiger partial charge in [0.15, 0.2) is 5.84 Å². The summed E-state index contributed by atoms with van der Waals surface area (Å²) in [5.74, 6) is 0.0718. The van der Waals surface area contributed by atoms with E-state index in [1.807, 2.05) is 0 Å². The van der Waals surface area contributed by atoms with Crippen LogP contribution in [0.4, 0.5) is 0 Å². The van der Waals surface area contributed by atoms with Crippen LogP contribution < -0.4 is 4.83 Å². The van der Waals surface area contributed by atoms with E-state index < -0.39 is 10.0 Å². The molecule has 0 fully saturated rings. The van der Waals surface area contributed by atoms with Crippen molar-refractivity contribution in [2.45, 2.75) is 11.8 Å². The second-order valence-electron chi connectivity index (χ2n) is 3.60. The van der Waals surface area contributed by atoms with Gasteiger partial charge in [-0.25, -0.2) is 0 Å². The number of amides is 1. The van der Waals surface area contributed by atoms with Gasteiger partial charge in [-0.2, -0.15) is 13.2 Å². The zero-order valence-electron chi connectivity index (χ0n) is 9.34. The predicted octanol–water partition coefficient (Wildman–Crippen LogP) is 0.118. The second-order valence-corrected chi connectivity index (χ2v) is 5.23. The van der Waals surface area contributed by atoms with Gasteiger partial charge in [0.25, 0.3) is 10.0 Å². The van der Waals surface area contributed by atoms with Gasteiger partial charge < -0.3 is 0 Å². The quantitative estimate of drug-likeness (QED) is 0.713. The van der Waals surface area contributed by atoms with Gasteiger partial charge in [-0.15, -0.1) is 5.10 Å². The molecule has 0 spiro atoms. The van der Waals surface area contributed by atoms with E-state index in [-0.39, 0.29) is 10.8 Å². The molecule has 0 saturated heterocycles. The van der Waals surface area contributed by atoms with Crippen LogP contribution in [0.5, 0.6) is 0 Å². The number of hydrogen-bond acceptors (Lipinski definition) is 4. The van der Waals surface area contributed by atoms with Crippen LogP contribution in [-0.4, -0.2) is 32.1 Å². The van der Waals surface area contributed by atoms with E-state index in [0.29, 0.717) is 11.4 Å². The van der Waals surface area contributed by atoms with Crippen molar-refractivity contribution in [1.29, 1.82) is 0 Å². The number of amidine groups is 1. The highest BCUT2D eigenvalue weighted by molar-refractivity contribution is 7.89. The Labute approximate surface area is 99.0 Å². The maximum Gasteiger partial charge on any atom is 0.277 e. The highest BCUT2D eigenvalue weighted by atomic mass is 32.2. The fourth-order valence-corrected chi connectivity index (χ4v) is 2.51. The predicted molar refractivity (Wildman–Crippen MR) is 61.7 cm³/mol. The molecule has 1 aromatic carbocycles. The molecule has 0 radical (unpaired) electrons. The summed E-state index contributed by atoms with van der Waals surface area (Å²) in [6, 6.07) is 6.41. The number of nitrogens with zero attached hydrogens (tertiary/aromatic N) is 2. The van der Waals surface area contributed by atoms with Crippen molar-refractivity contribution in [2.75, 3.05) is 7.05 Å². The first kappa shape index (κ1) is 11.6. The number of carbonyl (C=O) groups is 1. The normalized spacial score (nSPS) is 16.5. The van der Waals surface area contributed by atoms with Crippen LogP contribution in [0.1, 0.15) is 12.5 Å². The fraction of sp³-hybridized carbons (Fsp3) is 0.200. The van der Waals surface area contributed by atoms with Gasteiger partial charge in [0.05, 0.1) is 4.90 Å². The van der Waals surface area contributed by atoms with Gasteiger partial charge in [-0.05, 0) is 12.1 Å². The average molecular weight is 253 g/mol. The third-order valence-corrected chi connectivity index (χ3v) is 3.75. The topological polar surface area (TPSA) is 78.8 Å². The molecule has 1 aliphatic rings. The Hall–Kier alpha value is -1.89. The van der Waals surface area contributed by atoms with Gasteiger partial charge in [0.2, 0.25) is 5.91 Å². The molecule has 0 aliphatic carbocycles. The first-order valence-electron chi connectivity index (χ1n) is 4.86. The number of hydrazone groups is 1. The summed E-state index contributed by atoms with van der Waals surface area (Å²) in [4.78, 5) is 14.8. The molecule has 1 aliphatic heterocycles. The van der Waals surface area contributed by atoms with Crippen LogP contribution in [0.3, 0.4) is 0 Å². The van der Waals surface area contributed by atoms with Gasteiger partial charge >= 0.3 is 0 Å². The smallest absolute Gasteiger partial charge is 0.277 e. The third-order valence-electron chi connectivity index (χ3n) is 2.48. The Kier molecular flexibility index (Phi) is 2.62. The summed E-state index contributed by atoms with van der Waals surface area (Å²) < 4.78 is 23.4. The van der Waals surface area contributed by atoms with E-state index >= 15 is 0 Å². The molecule has 90 valence electrons. The largest absolute Gasteiger partial charge is 0.298 e. The van der Waals surface area contributed by atoms with Crippen molar-refractivity contribution in [3.8, 4) is 0 Å². The second kappa shape index (κ2) is 3.85. The molecule has 17 heavy (non-hydrogen) atoms. The summed E-state index contributed by atoms with van der Waals surface area (Å²) >= 11 is 0. The van der Waals surface area contributed by atoms with Crippen molar-refractivity contribution in [3.05, 3.63) is 29.8 Å². The van der Waals surface area contributed by atoms with E-state index in [2.05, 4.69) is 9.93 Å². The van der Waals surface area contributed by atoms with Crippen LogP contribution >= 0.6 is 0 Å². The van der Waals surface area contributed by atoms with Crippen molar-refractivity contribution < 1.29 is 13.2 Å². The number of carbonyl (C=O) groups excluding carboxylic acids is 1. The zero-order valence-corrected chi connectivity index (χ0v) is 10.2. The molecule has 0 saturated carbocycles. The van der Waals surface area contributed by atoms with Crippen LogP contribution in [0.15, 0.2) is 34.3 Å². The molecule has 1 heterocycles. The minimum Gasteiger partial charge on any atom is -0.298 e. The number of hydrogen-bond donors (Lipinski definition) is 1. The summed E-state index contributed by atoms with van der Waals surface area (Å²) in [5, 5.41) is 3.73. The number of nitrogens with one attached hydrogen (secondary N) is 1. The lowest BCUT2D eigenvalue weighted by atomic mass is 10.2. The fourth-order valence-electron chi connectivity index (χ4n) is 1.50. The van der Waals surface area contributed by atoms with Gasteiger partial charge in [0, 0.05) is 19.5 Å². The Balaban J connectivity index is 2.61. The molecule has 1 amide bonds. The standard InChI is InChI=1S/C10H11N3O3S/c1-7(14)13(2)10-8-5-3-4-6-9(8)17(15,16)12-11-10/h3-6,12H,1-2H3. The van der Waals surface area contributed by atoms with Crippen molar-refractivity contribution in [1.82, 2.24) is 9.73 Å². The van der Waals surface area contributed by atoms with E-state index in [0.717, 1.165) is 0 Å². The van der Waals surface area contributed by atoms with Gasteiger partial charge in [-0.3, -0.25) is 9.69 Å². The van der Waals surface area contributed by atoms with E-state index in [9.17, 15) is 13.2 Å². The summed E-state index contributed by atoms with van der Waals surface area (Å²) in [5.41, 5.74) is 0.420. The zero-order chi connectivity index (χ0) is 12.6. The Morgan fingerprint density at radius 2 is 2.00 bits per heavy atom. The Morgan fingerprint density at radius 1 is 1.35 bits per heavy atom.